The fraction of sp³-hybridized carbons (Fsp3) is 0.688. The summed E-state index contributed by atoms with van der Waals surface area (Å²) in [5, 5.41) is 3.53. The summed E-state index contributed by atoms with van der Waals surface area (Å²) >= 11 is 0. The van der Waals surface area contributed by atoms with Crippen LogP contribution >= 0.6 is 0 Å². The zero-order valence-corrected chi connectivity index (χ0v) is 12.8. The molecule has 0 aromatic carbocycles. The molecule has 1 aromatic rings. The average Bonchev–Trinajstić information content (AvgIpc) is 2.48. The number of hydrogen-bond donors (Lipinski definition) is 1. The maximum Gasteiger partial charge on any atom is 0.215 e. The molecule has 4 heteroatoms. The summed E-state index contributed by atoms with van der Waals surface area (Å²) in [4.78, 5) is 4.48. The third-order valence-corrected chi connectivity index (χ3v) is 4.15. The van der Waals surface area contributed by atoms with Crippen LogP contribution in [0.4, 0.5) is 5.82 Å². The van der Waals surface area contributed by atoms with Crippen LogP contribution in [0.15, 0.2) is 18.2 Å². The lowest BCUT2D eigenvalue weighted by Crippen LogP contribution is -2.43. The normalized spacial score (nSPS) is 21.4. The summed E-state index contributed by atoms with van der Waals surface area (Å²) < 4.78 is 11.5. The molecule has 1 aliphatic rings. The van der Waals surface area contributed by atoms with Gasteiger partial charge in [-0.2, -0.15) is 4.98 Å². The minimum Gasteiger partial charge on any atom is -0.478 e. The Bertz CT molecular complexity index is 419. The topological polar surface area (TPSA) is 43.4 Å². The third-order valence-electron chi connectivity index (χ3n) is 4.15. The first-order valence-electron chi connectivity index (χ1n) is 7.71. The van der Waals surface area contributed by atoms with Crippen molar-refractivity contribution in [1.82, 2.24) is 4.98 Å². The van der Waals surface area contributed by atoms with E-state index in [0.29, 0.717) is 18.5 Å². The summed E-state index contributed by atoms with van der Waals surface area (Å²) in [5.41, 5.74) is 0.0352. The molecule has 0 spiro atoms. The Morgan fingerprint density at radius 1 is 1.35 bits per heavy atom. The van der Waals surface area contributed by atoms with Gasteiger partial charge in [0.15, 0.2) is 0 Å². The van der Waals surface area contributed by atoms with Crippen LogP contribution < -0.4 is 10.1 Å². The van der Waals surface area contributed by atoms with Gasteiger partial charge in [0.2, 0.25) is 5.88 Å². The van der Waals surface area contributed by atoms with E-state index in [9.17, 15) is 0 Å². The van der Waals surface area contributed by atoms with Crippen molar-refractivity contribution >= 4 is 5.82 Å². The maximum atomic E-state index is 6.01. The predicted molar refractivity (Wildman–Crippen MR) is 81.3 cm³/mol. The van der Waals surface area contributed by atoms with E-state index in [1.807, 2.05) is 25.1 Å². The molecular formula is C16H26N2O2. The molecule has 1 N–H and O–H groups in total. The van der Waals surface area contributed by atoms with Crippen LogP contribution in [0.1, 0.15) is 46.5 Å². The van der Waals surface area contributed by atoms with Crippen LogP contribution in [0, 0.1) is 0 Å². The monoisotopic (exact) mass is 278 g/mol. The van der Waals surface area contributed by atoms with Crippen molar-refractivity contribution in [2.45, 2.75) is 58.1 Å². The summed E-state index contributed by atoms with van der Waals surface area (Å²) in [6.45, 7) is 7.85. The van der Waals surface area contributed by atoms with Crippen LogP contribution in [0.5, 0.6) is 5.88 Å². The van der Waals surface area contributed by atoms with E-state index in [1.165, 1.54) is 0 Å². The molecule has 2 rings (SSSR count). The Labute approximate surface area is 121 Å². The highest BCUT2D eigenvalue weighted by atomic mass is 16.5. The highest BCUT2D eigenvalue weighted by Gasteiger charge is 2.34. The second-order valence-electron chi connectivity index (χ2n) is 5.37. The minimum absolute atomic E-state index is 0.0352. The molecule has 1 saturated heterocycles. The molecule has 20 heavy (non-hydrogen) atoms. The molecule has 0 saturated carbocycles. The van der Waals surface area contributed by atoms with E-state index in [1.54, 1.807) is 0 Å². The van der Waals surface area contributed by atoms with Gasteiger partial charge in [0.25, 0.3) is 0 Å². The maximum absolute atomic E-state index is 6.01. The van der Waals surface area contributed by atoms with Crippen molar-refractivity contribution in [3.63, 3.8) is 0 Å². The molecule has 2 heterocycles. The van der Waals surface area contributed by atoms with E-state index in [0.717, 1.165) is 38.1 Å². The molecule has 0 bridgehead atoms. The molecule has 0 aliphatic carbocycles. The predicted octanol–water partition coefficient (Wildman–Crippen LogP) is 3.63. The molecule has 112 valence electrons. The molecule has 4 nitrogen and oxygen atoms in total. The highest BCUT2D eigenvalue weighted by Crippen LogP contribution is 2.32. The lowest BCUT2D eigenvalue weighted by Gasteiger charge is -2.40. The highest BCUT2D eigenvalue weighted by molar-refractivity contribution is 5.38. The van der Waals surface area contributed by atoms with Gasteiger partial charge in [0, 0.05) is 18.7 Å². The molecule has 0 radical (unpaired) electrons. The largest absolute Gasteiger partial charge is 0.478 e. The van der Waals surface area contributed by atoms with Gasteiger partial charge in [0.05, 0.1) is 12.2 Å². The van der Waals surface area contributed by atoms with Gasteiger partial charge in [0.1, 0.15) is 5.82 Å². The van der Waals surface area contributed by atoms with E-state index in [-0.39, 0.29) is 5.60 Å². The summed E-state index contributed by atoms with van der Waals surface area (Å²) in [7, 11) is 0. The Hall–Kier alpha value is -1.29. The van der Waals surface area contributed by atoms with Gasteiger partial charge in [-0.25, -0.2) is 0 Å². The number of aromatic nitrogens is 1. The smallest absolute Gasteiger partial charge is 0.215 e. The van der Waals surface area contributed by atoms with Gasteiger partial charge in [-0.05, 0) is 38.7 Å². The van der Waals surface area contributed by atoms with Gasteiger partial charge in [-0.1, -0.05) is 19.9 Å². The summed E-state index contributed by atoms with van der Waals surface area (Å²) in [6, 6.07) is 6.29. The van der Waals surface area contributed by atoms with E-state index in [4.69, 9.17) is 9.47 Å². The second kappa shape index (κ2) is 6.93. The van der Waals surface area contributed by atoms with Crippen molar-refractivity contribution in [1.29, 1.82) is 0 Å². The van der Waals surface area contributed by atoms with Crippen molar-refractivity contribution in [2.24, 2.45) is 0 Å². The summed E-state index contributed by atoms with van der Waals surface area (Å²) in [5.74, 6) is 1.57. The Morgan fingerprint density at radius 2 is 2.15 bits per heavy atom. The molecule has 1 unspecified atom stereocenters. The molecular weight excluding hydrogens is 252 g/mol. The van der Waals surface area contributed by atoms with Crippen molar-refractivity contribution in [2.75, 3.05) is 18.5 Å². The second-order valence-corrected chi connectivity index (χ2v) is 5.37. The van der Waals surface area contributed by atoms with Crippen molar-refractivity contribution in [3.05, 3.63) is 18.2 Å². The van der Waals surface area contributed by atoms with Crippen LogP contribution in [0.2, 0.25) is 0 Å². The molecule has 1 fully saturated rings. The summed E-state index contributed by atoms with van der Waals surface area (Å²) in [6.07, 6.45) is 4.20. The SMILES string of the molecule is CCOc1cccc(NC2CCOC(CC)(CC)C2)n1. The number of anilines is 1. The van der Waals surface area contributed by atoms with Crippen LogP contribution in [0.25, 0.3) is 0 Å². The Kier molecular flexibility index (Phi) is 5.24. The number of ether oxygens (including phenoxy) is 2. The molecule has 0 amide bonds. The van der Waals surface area contributed by atoms with Gasteiger partial charge >= 0.3 is 0 Å². The van der Waals surface area contributed by atoms with Crippen LogP contribution in [0.3, 0.4) is 0 Å². The van der Waals surface area contributed by atoms with Crippen molar-refractivity contribution < 1.29 is 9.47 Å². The van der Waals surface area contributed by atoms with Crippen LogP contribution in [-0.2, 0) is 4.74 Å². The molecule has 1 atom stereocenters. The quantitative estimate of drug-likeness (QED) is 0.863. The number of hydrogen-bond acceptors (Lipinski definition) is 4. The van der Waals surface area contributed by atoms with Crippen LogP contribution in [-0.4, -0.2) is 29.8 Å². The zero-order valence-electron chi connectivity index (χ0n) is 12.8. The molecule has 1 aliphatic heterocycles. The fourth-order valence-electron chi connectivity index (χ4n) is 2.83. The first kappa shape index (κ1) is 15.1. The van der Waals surface area contributed by atoms with Gasteiger partial charge in [-0.15, -0.1) is 0 Å². The van der Waals surface area contributed by atoms with E-state index < -0.39 is 0 Å². The van der Waals surface area contributed by atoms with E-state index >= 15 is 0 Å². The number of rotatable bonds is 6. The van der Waals surface area contributed by atoms with E-state index in [2.05, 4.69) is 24.1 Å². The number of nitrogens with one attached hydrogen (secondary N) is 1. The third kappa shape index (κ3) is 3.63. The minimum atomic E-state index is 0.0352. The van der Waals surface area contributed by atoms with Crippen molar-refractivity contribution in [3.8, 4) is 5.88 Å². The Balaban J connectivity index is 2.00. The Morgan fingerprint density at radius 3 is 2.85 bits per heavy atom. The molecule has 1 aromatic heterocycles. The van der Waals surface area contributed by atoms with Gasteiger partial charge in [-0.3, -0.25) is 0 Å². The first-order chi connectivity index (χ1) is 9.71. The fourth-order valence-corrected chi connectivity index (χ4v) is 2.83. The zero-order chi connectivity index (χ0) is 14.4. The standard InChI is InChI=1S/C16H26N2O2/c1-4-16(5-2)12-13(10-11-20-16)17-14-8-7-9-15(18-14)19-6-3/h7-9,13H,4-6,10-12H2,1-3H3,(H,17,18). The lowest BCUT2D eigenvalue weighted by molar-refractivity contribution is -0.0864. The lowest BCUT2D eigenvalue weighted by atomic mass is 9.86. The first-order valence-corrected chi connectivity index (χ1v) is 7.71. The number of nitrogens with zero attached hydrogens (tertiary/aromatic N) is 1. The average molecular weight is 278 g/mol. The van der Waals surface area contributed by atoms with Gasteiger partial charge < -0.3 is 14.8 Å². The number of pyridine rings is 1.